The minimum Gasteiger partial charge on any atom is -0.398 e. The van der Waals surface area contributed by atoms with E-state index in [0.29, 0.717) is 12.2 Å². The Balaban J connectivity index is 2.68. The van der Waals surface area contributed by atoms with Gasteiger partial charge in [-0.3, -0.25) is 10.1 Å². The molecule has 1 rings (SSSR count). The molecule has 1 unspecified atom stereocenters. The number of carbonyl (C=O) groups is 1. The number of ether oxygens (including phenoxy) is 1. The highest BCUT2D eigenvalue weighted by molar-refractivity contribution is 5.84. The fourth-order valence-corrected chi connectivity index (χ4v) is 1.63. The monoisotopic (exact) mass is 263 g/mol. The van der Waals surface area contributed by atoms with Crippen molar-refractivity contribution in [3.8, 4) is 0 Å². The fourth-order valence-electron chi connectivity index (χ4n) is 1.63. The predicted molar refractivity (Wildman–Crippen MR) is 76.4 cm³/mol. The van der Waals surface area contributed by atoms with E-state index in [4.69, 9.17) is 10.5 Å². The average molecular weight is 263 g/mol. The molecule has 0 aromatic heterocycles. The molecule has 0 fully saturated rings. The van der Waals surface area contributed by atoms with Crippen LogP contribution < -0.4 is 11.1 Å². The maximum atomic E-state index is 12.1. The molecule has 1 radical (unpaired) electrons. The van der Waals surface area contributed by atoms with Crippen LogP contribution >= 0.6 is 0 Å². The van der Waals surface area contributed by atoms with Gasteiger partial charge in [-0.05, 0) is 19.4 Å². The number of hydrogen-bond donors (Lipinski definition) is 2. The predicted octanol–water partition coefficient (Wildman–Crippen LogP) is 2.13. The Morgan fingerprint density at radius 3 is 2.63 bits per heavy atom. The van der Waals surface area contributed by atoms with Crippen LogP contribution in [0.3, 0.4) is 0 Å². The fraction of sp³-hybridized carbons (Fsp3) is 0.533. The van der Waals surface area contributed by atoms with Crippen molar-refractivity contribution in [1.82, 2.24) is 5.32 Å². The van der Waals surface area contributed by atoms with E-state index < -0.39 is 6.23 Å². The lowest BCUT2D eigenvalue weighted by atomic mass is 10.1. The third kappa shape index (κ3) is 5.01. The van der Waals surface area contributed by atoms with Gasteiger partial charge in [0.05, 0.1) is 6.10 Å². The summed E-state index contributed by atoms with van der Waals surface area (Å²) in [7, 11) is 0. The van der Waals surface area contributed by atoms with Gasteiger partial charge in [0.2, 0.25) is 0 Å². The summed E-state index contributed by atoms with van der Waals surface area (Å²) in [6.45, 7) is 8.04. The lowest BCUT2D eigenvalue weighted by molar-refractivity contribution is -0.139. The molecule has 1 aromatic carbocycles. The highest BCUT2D eigenvalue weighted by atomic mass is 16.5. The van der Waals surface area contributed by atoms with Crippen molar-refractivity contribution in [3.05, 3.63) is 29.8 Å². The summed E-state index contributed by atoms with van der Waals surface area (Å²) in [5, 5.41) is 3.12. The Bertz CT molecular complexity index is 416. The maximum Gasteiger partial charge on any atom is 0.178 e. The zero-order valence-electron chi connectivity index (χ0n) is 12.1. The van der Waals surface area contributed by atoms with E-state index in [1.54, 1.807) is 6.07 Å². The van der Waals surface area contributed by atoms with Crippen LogP contribution in [0.25, 0.3) is 0 Å². The van der Waals surface area contributed by atoms with Crippen molar-refractivity contribution in [1.29, 1.82) is 0 Å². The van der Waals surface area contributed by atoms with Gasteiger partial charge < -0.3 is 10.5 Å². The number of anilines is 1. The van der Waals surface area contributed by atoms with E-state index >= 15 is 0 Å². The summed E-state index contributed by atoms with van der Waals surface area (Å²) in [6, 6.07) is 8.47. The van der Waals surface area contributed by atoms with Crippen molar-refractivity contribution < 1.29 is 9.53 Å². The van der Waals surface area contributed by atoms with Crippen LogP contribution in [0.1, 0.15) is 33.3 Å². The molecule has 105 valence electrons. The van der Waals surface area contributed by atoms with Crippen molar-refractivity contribution >= 4 is 11.5 Å². The summed E-state index contributed by atoms with van der Waals surface area (Å²) < 4.78 is 5.62. The summed E-state index contributed by atoms with van der Waals surface area (Å²) in [5.41, 5.74) is 7.33. The minimum atomic E-state index is -0.598. The van der Waals surface area contributed by atoms with Crippen LogP contribution in [0.2, 0.25) is 0 Å². The van der Waals surface area contributed by atoms with Gasteiger partial charge in [0.1, 0.15) is 0 Å². The topological polar surface area (TPSA) is 64.3 Å². The number of ketones is 1. The van der Waals surface area contributed by atoms with E-state index in [9.17, 15) is 4.79 Å². The van der Waals surface area contributed by atoms with Crippen LogP contribution in [-0.4, -0.2) is 18.1 Å². The molecule has 0 amide bonds. The third-order valence-electron chi connectivity index (χ3n) is 2.69. The molecule has 0 heterocycles. The molecule has 1 atom stereocenters. The number of nitrogens with one attached hydrogen (secondary N) is 1. The number of nitrogen functional groups attached to an aromatic ring is 1. The highest BCUT2D eigenvalue weighted by Gasteiger charge is 2.22. The summed E-state index contributed by atoms with van der Waals surface area (Å²) in [4.78, 5) is 12.1. The molecule has 0 aliphatic heterocycles. The molecule has 4 nitrogen and oxygen atoms in total. The third-order valence-corrected chi connectivity index (χ3v) is 2.69. The Morgan fingerprint density at radius 2 is 2.11 bits per heavy atom. The largest absolute Gasteiger partial charge is 0.398 e. The smallest absolute Gasteiger partial charge is 0.178 e. The first-order valence-electron chi connectivity index (χ1n) is 6.59. The lowest BCUT2D eigenvalue weighted by Crippen LogP contribution is -2.42. The van der Waals surface area contributed by atoms with Gasteiger partial charge in [-0.15, -0.1) is 0 Å². The average Bonchev–Trinajstić information content (AvgIpc) is 2.34. The van der Waals surface area contributed by atoms with Crippen molar-refractivity contribution in [2.24, 2.45) is 5.92 Å². The second-order valence-electron chi connectivity index (χ2n) is 5.11. The highest BCUT2D eigenvalue weighted by Crippen LogP contribution is 2.11. The van der Waals surface area contributed by atoms with Crippen LogP contribution in [0.4, 0.5) is 5.69 Å². The molecule has 1 aromatic rings. The molecule has 0 saturated heterocycles. The van der Waals surface area contributed by atoms with Crippen LogP contribution in [0.5, 0.6) is 0 Å². The molecule has 19 heavy (non-hydrogen) atoms. The van der Waals surface area contributed by atoms with Crippen molar-refractivity contribution in [2.75, 3.05) is 5.73 Å². The van der Waals surface area contributed by atoms with Gasteiger partial charge in [0.25, 0.3) is 0 Å². The molecule has 0 saturated carbocycles. The summed E-state index contributed by atoms with van der Waals surface area (Å²) >= 11 is 0. The molecule has 0 aliphatic carbocycles. The van der Waals surface area contributed by atoms with Crippen molar-refractivity contribution in [3.63, 3.8) is 0 Å². The number of hydrogen-bond acceptors (Lipinski definition) is 4. The molecular formula is C15H23N2O2. The van der Waals surface area contributed by atoms with Gasteiger partial charge in [0, 0.05) is 24.2 Å². The Kier molecular flexibility index (Phi) is 5.99. The maximum absolute atomic E-state index is 12.1. The minimum absolute atomic E-state index is 0.0140. The number of Topliss-reactive ketones (excluding diaryl/α,β-unsaturated/α-hetero) is 1. The molecular weight excluding hydrogens is 240 g/mol. The van der Waals surface area contributed by atoms with E-state index in [0.717, 1.165) is 5.56 Å². The molecule has 4 heteroatoms. The van der Waals surface area contributed by atoms with Crippen LogP contribution in [0.15, 0.2) is 18.2 Å². The normalized spacial score (nSPS) is 12.9. The van der Waals surface area contributed by atoms with E-state index in [1.807, 2.05) is 39.8 Å². The summed E-state index contributed by atoms with van der Waals surface area (Å²) in [5.74, 6) is -0.0249. The van der Waals surface area contributed by atoms with Crippen LogP contribution in [-0.2, 0) is 16.1 Å². The number of rotatable bonds is 7. The zero-order valence-corrected chi connectivity index (χ0v) is 12.1. The molecule has 3 N–H and O–H groups in total. The van der Waals surface area contributed by atoms with Gasteiger partial charge >= 0.3 is 0 Å². The zero-order chi connectivity index (χ0) is 14.4. The van der Waals surface area contributed by atoms with Gasteiger partial charge in [-0.2, -0.15) is 0 Å². The lowest BCUT2D eigenvalue weighted by Gasteiger charge is -2.22. The van der Waals surface area contributed by atoms with Gasteiger partial charge in [-0.25, -0.2) is 0 Å². The first-order chi connectivity index (χ1) is 8.91. The molecule has 0 spiro atoms. The first-order valence-corrected chi connectivity index (χ1v) is 6.59. The van der Waals surface area contributed by atoms with Crippen molar-refractivity contribution in [2.45, 2.75) is 46.6 Å². The summed E-state index contributed by atoms with van der Waals surface area (Å²) in [6.07, 6.45) is -0.612. The second-order valence-corrected chi connectivity index (χ2v) is 5.11. The van der Waals surface area contributed by atoms with Crippen LogP contribution in [0, 0.1) is 12.0 Å². The second kappa shape index (κ2) is 7.26. The van der Waals surface area contributed by atoms with E-state index in [-0.39, 0.29) is 17.8 Å². The Morgan fingerprint density at radius 1 is 1.42 bits per heavy atom. The first kappa shape index (κ1) is 15.7. The quantitative estimate of drug-likeness (QED) is 0.584. The number of carbonyl (C=O) groups excluding carboxylic acids is 1. The number of nitrogens with two attached hydrogens (primary N) is 1. The van der Waals surface area contributed by atoms with Gasteiger partial charge in [0.15, 0.2) is 12.0 Å². The van der Waals surface area contributed by atoms with Gasteiger partial charge in [-0.1, -0.05) is 32.0 Å². The number of para-hydroxylation sites is 1. The SMILES string of the molecule is CC(C)OC(NCc1ccc[c]c1N)C(=O)C(C)C. The van der Waals surface area contributed by atoms with E-state index in [2.05, 4.69) is 11.4 Å². The molecule has 0 aliphatic rings. The Hall–Kier alpha value is -1.39. The standard InChI is InChI=1S/C15H23N2O2/c1-10(2)14(18)15(19-11(3)4)17-9-12-7-5-6-8-13(12)16/h5-7,10-11,15,17H,9,16H2,1-4H3. The molecule has 0 bridgehead atoms. The van der Waals surface area contributed by atoms with E-state index in [1.165, 1.54) is 0 Å². The number of benzene rings is 1. The Labute approximate surface area is 115 Å².